The normalized spacial score (nSPS) is 19.6. The Hall–Kier alpha value is -2.39. The molecule has 158 valence electrons. The monoisotopic (exact) mass is 405 g/mol. The number of carboxylic acid groups (broad SMARTS) is 1. The molecule has 0 bridgehead atoms. The van der Waals surface area contributed by atoms with E-state index in [1.807, 2.05) is 24.8 Å². The Morgan fingerprint density at radius 2 is 2.21 bits per heavy atom. The van der Waals surface area contributed by atoms with Gasteiger partial charge in [-0.1, -0.05) is 31.2 Å². The van der Waals surface area contributed by atoms with Gasteiger partial charge in [-0.25, -0.2) is 4.39 Å². The number of halogens is 1. The zero-order valence-electron chi connectivity index (χ0n) is 16.8. The predicted molar refractivity (Wildman–Crippen MR) is 104 cm³/mol. The van der Waals surface area contributed by atoms with Crippen molar-refractivity contribution in [3.8, 4) is 0 Å². The van der Waals surface area contributed by atoms with Gasteiger partial charge in [0.05, 0.1) is 12.0 Å². The van der Waals surface area contributed by atoms with Gasteiger partial charge in [0.15, 0.2) is 5.82 Å². The van der Waals surface area contributed by atoms with Gasteiger partial charge in [-0.3, -0.25) is 9.69 Å². The van der Waals surface area contributed by atoms with Gasteiger partial charge in [-0.2, -0.15) is 5.21 Å². The lowest BCUT2D eigenvalue weighted by Crippen LogP contribution is -2.26. The number of aliphatic hydroxyl groups excluding tert-OH is 1. The molecule has 1 aromatic carbocycles. The molecule has 1 unspecified atom stereocenters. The third-order valence-corrected chi connectivity index (χ3v) is 5.44. The molecule has 1 aliphatic rings. The number of tetrazole rings is 1. The summed E-state index contributed by atoms with van der Waals surface area (Å²) in [5.41, 5.74) is 1.26. The van der Waals surface area contributed by atoms with Crippen molar-refractivity contribution in [2.24, 2.45) is 11.8 Å². The van der Waals surface area contributed by atoms with E-state index in [1.165, 1.54) is 6.07 Å². The van der Waals surface area contributed by atoms with E-state index in [2.05, 4.69) is 20.6 Å². The highest BCUT2D eigenvalue weighted by molar-refractivity contribution is 5.71. The van der Waals surface area contributed by atoms with Gasteiger partial charge in [0.1, 0.15) is 5.82 Å². The number of carboxylic acids is 1. The number of H-pyrrole nitrogens is 1. The number of aromatic nitrogens is 4. The van der Waals surface area contributed by atoms with Crippen molar-refractivity contribution in [2.75, 3.05) is 13.1 Å². The fourth-order valence-corrected chi connectivity index (χ4v) is 3.98. The summed E-state index contributed by atoms with van der Waals surface area (Å²) in [6.45, 7) is 5.68. The molecule has 2 heterocycles. The number of aliphatic hydroxyl groups is 1. The minimum absolute atomic E-state index is 0.181. The van der Waals surface area contributed by atoms with Gasteiger partial charge >= 0.3 is 5.97 Å². The van der Waals surface area contributed by atoms with Gasteiger partial charge in [-0.15, -0.1) is 10.2 Å². The average Bonchev–Trinajstić information content (AvgIpc) is 3.32. The molecular weight excluding hydrogens is 377 g/mol. The van der Waals surface area contributed by atoms with E-state index in [-0.39, 0.29) is 17.8 Å². The Morgan fingerprint density at radius 3 is 2.76 bits per heavy atom. The maximum absolute atomic E-state index is 14.7. The lowest BCUT2D eigenvalue weighted by atomic mass is 9.81. The molecule has 1 aromatic heterocycles. The summed E-state index contributed by atoms with van der Waals surface area (Å²) < 4.78 is 14.7. The number of hydrogen-bond acceptors (Lipinski definition) is 6. The van der Waals surface area contributed by atoms with Crippen molar-refractivity contribution < 1.29 is 19.4 Å². The molecule has 0 spiro atoms. The Balaban J connectivity index is 1.78. The number of hydrogen-bond donors (Lipinski definition) is 3. The molecule has 0 aliphatic carbocycles. The molecule has 8 nitrogen and oxygen atoms in total. The highest BCUT2D eigenvalue weighted by Crippen LogP contribution is 2.31. The molecule has 3 N–H and O–H groups in total. The summed E-state index contributed by atoms with van der Waals surface area (Å²) >= 11 is 0. The Kier molecular flexibility index (Phi) is 6.92. The van der Waals surface area contributed by atoms with Crippen LogP contribution < -0.4 is 0 Å². The molecule has 0 amide bonds. The van der Waals surface area contributed by atoms with E-state index in [0.29, 0.717) is 49.3 Å². The highest BCUT2D eigenvalue weighted by atomic mass is 19.1. The second kappa shape index (κ2) is 9.41. The molecule has 3 rings (SSSR count). The standard InChI is InChI=1S/C20H28FN5O3/c1-12(2)7-17(20(28)29)16(19-22-24-25-23-19)8-13-3-4-14(18(21)9-13)10-26-6-5-15(27)11-26/h3-4,9,12,15-17,27H,5-8,10-11H2,1-2H3,(H,28,29)(H,22,23,24,25)/t15?,16-,17-/m0/s1. The average molecular weight is 405 g/mol. The smallest absolute Gasteiger partial charge is 0.307 e. The van der Waals surface area contributed by atoms with Crippen molar-refractivity contribution in [3.63, 3.8) is 0 Å². The first-order chi connectivity index (χ1) is 13.8. The van der Waals surface area contributed by atoms with Crippen molar-refractivity contribution in [3.05, 3.63) is 41.0 Å². The van der Waals surface area contributed by atoms with E-state index in [9.17, 15) is 19.4 Å². The summed E-state index contributed by atoms with van der Waals surface area (Å²) in [6.07, 6.45) is 1.13. The fraction of sp³-hybridized carbons (Fsp3) is 0.600. The van der Waals surface area contributed by atoms with E-state index >= 15 is 0 Å². The van der Waals surface area contributed by atoms with Crippen LogP contribution in [-0.4, -0.2) is 60.9 Å². The molecule has 29 heavy (non-hydrogen) atoms. The zero-order chi connectivity index (χ0) is 21.0. The largest absolute Gasteiger partial charge is 0.481 e. The quantitative estimate of drug-likeness (QED) is 0.584. The molecule has 0 radical (unpaired) electrons. The van der Waals surface area contributed by atoms with Crippen molar-refractivity contribution in [1.82, 2.24) is 25.5 Å². The van der Waals surface area contributed by atoms with Crippen LogP contribution in [0.3, 0.4) is 0 Å². The van der Waals surface area contributed by atoms with Crippen LogP contribution in [0.5, 0.6) is 0 Å². The number of aromatic amines is 1. The molecule has 3 atom stereocenters. The van der Waals surface area contributed by atoms with E-state index in [4.69, 9.17) is 0 Å². The highest BCUT2D eigenvalue weighted by Gasteiger charge is 2.33. The Morgan fingerprint density at radius 1 is 1.41 bits per heavy atom. The molecule has 0 saturated carbocycles. The van der Waals surface area contributed by atoms with Crippen molar-refractivity contribution >= 4 is 5.97 Å². The first-order valence-electron chi connectivity index (χ1n) is 9.97. The maximum Gasteiger partial charge on any atom is 0.307 e. The van der Waals surface area contributed by atoms with Gasteiger partial charge in [0.25, 0.3) is 0 Å². The van der Waals surface area contributed by atoms with Crippen LogP contribution in [0.4, 0.5) is 4.39 Å². The topological polar surface area (TPSA) is 115 Å². The second-order valence-electron chi connectivity index (χ2n) is 8.26. The van der Waals surface area contributed by atoms with Gasteiger partial charge < -0.3 is 10.2 Å². The van der Waals surface area contributed by atoms with Crippen LogP contribution in [-0.2, 0) is 17.8 Å². The molecule has 9 heteroatoms. The van der Waals surface area contributed by atoms with Crippen LogP contribution >= 0.6 is 0 Å². The van der Waals surface area contributed by atoms with Crippen molar-refractivity contribution in [2.45, 2.75) is 51.7 Å². The number of carbonyl (C=O) groups is 1. The fourth-order valence-electron chi connectivity index (χ4n) is 3.98. The van der Waals surface area contributed by atoms with Gasteiger partial charge in [0.2, 0.25) is 0 Å². The van der Waals surface area contributed by atoms with Crippen LogP contribution in [0.2, 0.25) is 0 Å². The number of aliphatic carboxylic acids is 1. The van der Waals surface area contributed by atoms with Crippen LogP contribution in [0.1, 0.15) is 49.6 Å². The predicted octanol–water partition coefficient (Wildman–Crippen LogP) is 1.98. The number of benzene rings is 1. The first kappa shape index (κ1) is 21.3. The number of β-amino-alcohol motifs (C(OH)–C–C–N with tert-alkyl or cyclic N) is 1. The summed E-state index contributed by atoms with van der Waals surface area (Å²) in [5, 5.41) is 33.4. The lowest BCUT2D eigenvalue weighted by Gasteiger charge is -2.23. The van der Waals surface area contributed by atoms with Crippen LogP contribution in [0.15, 0.2) is 18.2 Å². The number of rotatable bonds is 9. The zero-order valence-corrected chi connectivity index (χ0v) is 16.8. The SMILES string of the molecule is CC(C)C[C@H](C(=O)O)[C@H](Cc1ccc(CN2CCC(O)C2)c(F)c1)c1nn[nH]n1. The van der Waals surface area contributed by atoms with Crippen molar-refractivity contribution in [1.29, 1.82) is 0 Å². The molecule has 2 aromatic rings. The lowest BCUT2D eigenvalue weighted by molar-refractivity contribution is -0.143. The summed E-state index contributed by atoms with van der Waals surface area (Å²) in [5.74, 6) is -1.94. The minimum Gasteiger partial charge on any atom is -0.481 e. The molecule has 1 fully saturated rings. The number of nitrogens with zero attached hydrogens (tertiary/aromatic N) is 4. The van der Waals surface area contributed by atoms with Gasteiger partial charge in [-0.05, 0) is 36.8 Å². The van der Waals surface area contributed by atoms with E-state index in [0.717, 1.165) is 6.54 Å². The van der Waals surface area contributed by atoms with Crippen LogP contribution in [0.25, 0.3) is 0 Å². The molecule has 1 saturated heterocycles. The van der Waals surface area contributed by atoms with E-state index in [1.54, 1.807) is 6.07 Å². The third-order valence-electron chi connectivity index (χ3n) is 5.44. The Labute approximate surface area is 169 Å². The third kappa shape index (κ3) is 5.57. The summed E-state index contributed by atoms with van der Waals surface area (Å²) in [6, 6.07) is 5.02. The van der Waals surface area contributed by atoms with E-state index < -0.39 is 17.8 Å². The summed E-state index contributed by atoms with van der Waals surface area (Å²) in [7, 11) is 0. The van der Waals surface area contributed by atoms with Crippen LogP contribution in [0, 0.1) is 17.7 Å². The maximum atomic E-state index is 14.7. The molecule has 1 aliphatic heterocycles. The molecular formula is C20H28FN5O3. The Bertz CT molecular complexity index is 814. The number of nitrogens with one attached hydrogen (secondary N) is 1. The number of likely N-dealkylation sites (tertiary alicyclic amines) is 1. The minimum atomic E-state index is -0.918. The first-order valence-corrected chi connectivity index (χ1v) is 9.97. The summed E-state index contributed by atoms with van der Waals surface area (Å²) in [4.78, 5) is 13.9. The van der Waals surface area contributed by atoms with Gasteiger partial charge in [0, 0.05) is 31.1 Å². The second-order valence-corrected chi connectivity index (χ2v) is 8.26.